The molecule has 1 fully saturated rings. The maximum absolute atomic E-state index is 11.5. The Morgan fingerprint density at radius 3 is 2.44 bits per heavy atom. The van der Waals surface area contributed by atoms with Gasteiger partial charge in [0.15, 0.2) is 0 Å². The number of amides is 1. The minimum absolute atomic E-state index is 0.283. The molecule has 1 aromatic rings. The van der Waals surface area contributed by atoms with Gasteiger partial charge in [0, 0.05) is 19.5 Å². The van der Waals surface area contributed by atoms with Crippen LogP contribution in [0.4, 0.5) is 0 Å². The van der Waals surface area contributed by atoms with E-state index in [2.05, 4.69) is 24.3 Å². The molecule has 2 rings (SSSR count). The summed E-state index contributed by atoms with van der Waals surface area (Å²) >= 11 is 0. The molecule has 2 N–H and O–H groups in total. The molecule has 3 nitrogen and oxygen atoms in total. The normalized spacial score (nSPS) is 15.8. The van der Waals surface area contributed by atoms with Gasteiger partial charge in [-0.2, -0.15) is 0 Å². The third-order valence-corrected chi connectivity index (χ3v) is 3.00. The van der Waals surface area contributed by atoms with Crippen LogP contribution in [0.25, 0.3) is 0 Å². The van der Waals surface area contributed by atoms with E-state index in [1.54, 1.807) is 0 Å². The van der Waals surface area contributed by atoms with Crippen molar-refractivity contribution in [3.63, 3.8) is 0 Å². The van der Waals surface area contributed by atoms with Crippen molar-refractivity contribution in [3.8, 4) is 0 Å². The van der Waals surface area contributed by atoms with E-state index in [0.717, 1.165) is 25.9 Å². The van der Waals surface area contributed by atoms with Crippen molar-refractivity contribution in [2.75, 3.05) is 13.1 Å². The van der Waals surface area contributed by atoms with Crippen molar-refractivity contribution in [1.82, 2.24) is 4.90 Å². The summed E-state index contributed by atoms with van der Waals surface area (Å²) in [4.78, 5) is 13.4. The number of nitrogens with two attached hydrogens (primary N) is 1. The Bertz CT molecular complexity index is 359. The van der Waals surface area contributed by atoms with Gasteiger partial charge in [0.25, 0.3) is 0 Å². The maximum Gasteiger partial charge on any atom is 0.222 e. The first-order valence-corrected chi connectivity index (χ1v) is 5.85. The second-order valence-electron chi connectivity index (χ2n) is 4.27. The lowest BCUT2D eigenvalue weighted by Crippen LogP contribution is -2.23. The van der Waals surface area contributed by atoms with Gasteiger partial charge >= 0.3 is 0 Å². The predicted molar refractivity (Wildman–Crippen MR) is 63.9 cm³/mol. The summed E-state index contributed by atoms with van der Waals surface area (Å²) in [5, 5.41) is 0. The van der Waals surface area contributed by atoms with Crippen molar-refractivity contribution >= 4 is 5.91 Å². The Labute approximate surface area is 96.2 Å². The SMILES string of the molecule is NCCc1ccc(CN2CCCC2=O)cc1. The second kappa shape index (κ2) is 5.12. The van der Waals surface area contributed by atoms with Crippen LogP contribution in [-0.2, 0) is 17.8 Å². The van der Waals surface area contributed by atoms with Crippen molar-refractivity contribution < 1.29 is 4.79 Å². The Hall–Kier alpha value is -1.35. The first kappa shape index (κ1) is 11.1. The van der Waals surface area contributed by atoms with Crippen molar-refractivity contribution in [2.45, 2.75) is 25.8 Å². The molecule has 0 bridgehead atoms. The highest BCUT2D eigenvalue weighted by molar-refractivity contribution is 5.78. The molecule has 1 aromatic carbocycles. The van der Waals surface area contributed by atoms with Crippen LogP contribution >= 0.6 is 0 Å². The molecule has 3 heteroatoms. The smallest absolute Gasteiger partial charge is 0.222 e. The predicted octanol–water partition coefficient (Wildman–Crippen LogP) is 1.31. The van der Waals surface area contributed by atoms with Gasteiger partial charge in [-0.3, -0.25) is 4.79 Å². The zero-order valence-corrected chi connectivity index (χ0v) is 9.48. The van der Waals surface area contributed by atoms with Gasteiger partial charge in [0.1, 0.15) is 0 Å². The van der Waals surface area contributed by atoms with Crippen LogP contribution in [0.3, 0.4) is 0 Å². The van der Waals surface area contributed by atoms with Crippen molar-refractivity contribution in [2.24, 2.45) is 5.73 Å². The molecule has 16 heavy (non-hydrogen) atoms. The highest BCUT2D eigenvalue weighted by Crippen LogP contribution is 2.14. The lowest BCUT2D eigenvalue weighted by atomic mass is 10.1. The molecule has 0 atom stereocenters. The average molecular weight is 218 g/mol. The lowest BCUT2D eigenvalue weighted by molar-refractivity contribution is -0.128. The van der Waals surface area contributed by atoms with Gasteiger partial charge in [-0.1, -0.05) is 24.3 Å². The number of carbonyl (C=O) groups excluding carboxylic acids is 1. The largest absolute Gasteiger partial charge is 0.338 e. The summed E-state index contributed by atoms with van der Waals surface area (Å²) in [6.45, 7) is 2.34. The van der Waals surface area contributed by atoms with Crippen LogP contribution in [-0.4, -0.2) is 23.9 Å². The molecule has 1 aliphatic rings. The van der Waals surface area contributed by atoms with Crippen LogP contribution in [0.15, 0.2) is 24.3 Å². The summed E-state index contributed by atoms with van der Waals surface area (Å²) < 4.78 is 0. The van der Waals surface area contributed by atoms with E-state index in [-0.39, 0.29) is 5.91 Å². The topological polar surface area (TPSA) is 46.3 Å². The number of likely N-dealkylation sites (tertiary alicyclic amines) is 1. The molecule has 1 saturated heterocycles. The molecule has 1 aliphatic heterocycles. The van der Waals surface area contributed by atoms with E-state index < -0.39 is 0 Å². The maximum atomic E-state index is 11.5. The fourth-order valence-corrected chi connectivity index (χ4v) is 2.07. The van der Waals surface area contributed by atoms with Crippen LogP contribution in [0.1, 0.15) is 24.0 Å². The van der Waals surface area contributed by atoms with Gasteiger partial charge in [0.2, 0.25) is 5.91 Å². The standard InChI is InChI=1S/C13H18N2O/c14-8-7-11-3-5-12(6-4-11)10-15-9-1-2-13(15)16/h3-6H,1-2,7-10,14H2. The van der Waals surface area contributed by atoms with Gasteiger partial charge in [-0.25, -0.2) is 0 Å². The van der Waals surface area contributed by atoms with Gasteiger partial charge in [0.05, 0.1) is 0 Å². The summed E-state index contributed by atoms with van der Waals surface area (Å²) in [5.74, 6) is 0.283. The highest BCUT2D eigenvalue weighted by atomic mass is 16.2. The molecule has 86 valence electrons. The molecule has 0 saturated carbocycles. The molecule has 0 spiro atoms. The van der Waals surface area contributed by atoms with E-state index in [1.165, 1.54) is 11.1 Å². The summed E-state index contributed by atoms with van der Waals surface area (Å²) in [6, 6.07) is 8.39. The van der Waals surface area contributed by atoms with E-state index in [4.69, 9.17) is 5.73 Å². The summed E-state index contributed by atoms with van der Waals surface area (Å²) in [6.07, 6.45) is 2.64. The monoisotopic (exact) mass is 218 g/mol. The Balaban J connectivity index is 1.96. The average Bonchev–Trinajstić information content (AvgIpc) is 2.68. The highest BCUT2D eigenvalue weighted by Gasteiger charge is 2.19. The molecule has 0 unspecified atom stereocenters. The van der Waals surface area contributed by atoms with Gasteiger partial charge in [-0.05, 0) is 30.5 Å². The van der Waals surface area contributed by atoms with Crippen molar-refractivity contribution in [1.29, 1.82) is 0 Å². The fourth-order valence-electron chi connectivity index (χ4n) is 2.07. The fraction of sp³-hybridized carbons (Fsp3) is 0.462. The van der Waals surface area contributed by atoms with Gasteiger partial charge < -0.3 is 10.6 Å². The Morgan fingerprint density at radius 2 is 1.88 bits per heavy atom. The third-order valence-electron chi connectivity index (χ3n) is 3.00. The number of hydrogen-bond acceptors (Lipinski definition) is 2. The third kappa shape index (κ3) is 2.61. The first-order chi connectivity index (χ1) is 7.79. The van der Waals surface area contributed by atoms with Crippen molar-refractivity contribution in [3.05, 3.63) is 35.4 Å². The number of rotatable bonds is 4. The van der Waals surface area contributed by atoms with Gasteiger partial charge in [-0.15, -0.1) is 0 Å². The van der Waals surface area contributed by atoms with Crippen LogP contribution in [0.2, 0.25) is 0 Å². The Morgan fingerprint density at radius 1 is 1.19 bits per heavy atom. The van der Waals surface area contributed by atoms with E-state index in [0.29, 0.717) is 13.0 Å². The molecular weight excluding hydrogens is 200 g/mol. The zero-order valence-electron chi connectivity index (χ0n) is 9.48. The number of hydrogen-bond donors (Lipinski definition) is 1. The van der Waals surface area contributed by atoms with E-state index in [9.17, 15) is 4.79 Å². The first-order valence-electron chi connectivity index (χ1n) is 5.85. The number of nitrogens with zero attached hydrogens (tertiary/aromatic N) is 1. The zero-order chi connectivity index (χ0) is 11.4. The Kier molecular flexibility index (Phi) is 3.57. The number of benzene rings is 1. The van der Waals surface area contributed by atoms with E-state index >= 15 is 0 Å². The molecule has 0 aliphatic carbocycles. The molecule has 0 aromatic heterocycles. The summed E-state index contributed by atoms with van der Waals surface area (Å²) in [5.41, 5.74) is 7.96. The van der Waals surface area contributed by atoms with Crippen LogP contribution < -0.4 is 5.73 Å². The minimum atomic E-state index is 0.283. The molecule has 0 radical (unpaired) electrons. The lowest BCUT2D eigenvalue weighted by Gasteiger charge is -2.15. The molecule has 1 amide bonds. The van der Waals surface area contributed by atoms with Crippen LogP contribution in [0, 0.1) is 0 Å². The quantitative estimate of drug-likeness (QED) is 0.828. The number of carbonyl (C=O) groups is 1. The molecule has 1 heterocycles. The minimum Gasteiger partial charge on any atom is -0.338 e. The van der Waals surface area contributed by atoms with Crippen LogP contribution in [0.5, 0.6) is 0 Å². The summed E-state index contributed by atoms with van der Waals surface area (Å²) in [7, 11) is 0. The molecular formula is C13H18N2O. The van der Waals surface area contributed by atoms with E-state index in [1.807, 2.05) is 4.90 Å². The second-order valence-corrected chi connectivity index (χ2v) is 4.27.